The van der Waals surface area contributed by atoms with E-state index in [1.165, 1.54) is 0 Å². The highest BCUT2D eigenvalue weighted by Crippen LogP contribution is 2.36. The highest BCUT2D eigenvalue weighted by molar-refractivity contribution is 9.10. The summed E-state index contributed by atoms with van der Waals surface area (Å²) in [5, 5.41) is 0. The number of amides is 1. The number of carbonyl (C=O) groups excluding carboxylic acids is 1. The van der Waals surface area contributed by atoms with Crippen molar-refractivity contribution in [3.8, 4) is 0 Å². The van der Waals surface area contributed by atoms with Crippen LogP contribution < -0.4 is 4.90 Å². The van der Waals surface area contributed by atoms with Gasteiger partial charge in [0.05, 0.1) is 0 Å². The molecule has 0 saturated heterocycles. The molecule has 0 aliphatic heterocycles. The minimum absolute atomic E-state index is 0.155. The molecule has 1 aromatic rings. The maximum atomic E-state index is 12.6. The van der Waals surface area contributed by atoms with E-state index >= 15 is 0 Å². The van der Waals surface area contributed by atoms with Crippen LogP contribution in [0.3, 0.4) is 0 Å². The van der Waals surface area contributed by atoms with Gasteiger partial charge in [-0.3, -0.25) is 9.69 Å². The second-order valence-corrected chi connectivity index (χ2v) is 6.87. The third-order valence-electron chi connectivity index (χ3n) is 3.02. The molecule has 1 aromatic heterocycles. The monoisotopic (exact) mass is 310 g/mol. The van der Waals surface area contributed by atoms with E-state index in [0.717, 1.165) is 28.7 Å². The van der Waals surface area contributed by atoms with Crippen LogP contribution in [0.25, 0.3) is 0 Å². The maximum absolute atomic E-state index is 12.6. The Kier molecular flexibility index (Phi) is 3.49. The zero-order chi connectivity index (χ0) is 13.5. The summed E-state index contributed by atoms with van der Waals surface area (Å²) in [6, 6.07) is 2.34. The fourth-order valence-corrected chi connectivity index (χ4v) is 2.36. The van der Waals surface area contributed by atoms with Crippen LogP contribution in [0.15, 0.2) is 16.7 Å². The first kappa shape index (κ1) is 13.5. The van der Waals surface area contributed by atoms with Crippen LogP contribution in [0.4, 0.5) is 5.82 Å². The molecule has 0 atom stereocenters. The molecule has 1 heterocycles. The lowest BCUT2D eigenvalue weighted by Gasteiger charge is -2.29. The van der Waals surface area contributed by atoms with Gasteiger partial charge in [-0.15, -0.1) is 0 Å². The lowest BCUT2D eigenvalue weighted by molar-refractivity contribution is -0.125. The molecule has 1 saturated carbocycles. The normalized spacial score (nSPS) is 15.6. The van der Waals surface area contributed by atoms with E-state index in [4.69, 9.17) is 0 Å². The number of hydrogen-bond donors (Lipinski definition) is 0. The Morgan fingerprint density at radius 1 is 1.44 bits per heavy atom. The summed E-state index contributed by atoms with van der Waals surface area (Å²) in [5.41, 5.74) is 0.665. The largest absolute Gasteiger partial charge is 0.293 e. The highest BCUT2D eigenvalue weighted by atomic mass is 79.9. The number of halogens is 1. The van der Waals surface area contributed by atoms with E-state index in [0.29, 0.717) is 6.04 Å². The zero-order valence-corrected chi connectivity index (χ0v) is 12.9. The number of pyridine rings is 1. The maximum Gasteiger partial charge on any atom is 0.233 e. The number of aromatic nitrogens is 1. The minimum Gasteiger partial charge on any atom is -0.293 e. The van der Waals surface area contributed by atoms with Crippen molar-refractivity contribution in [2.45, 2.75) is 46.6 Å². The third kappa shape index (κ3) is 2.74. The zero-order valence-electron chi connectivity index (χ0n) is 11.3. The van der Waals surface area contributed by atoms with E-state index < -0.39 is 0 Å². The van der Waals surface area contributed by atoms with Crippen molar-refractivity contribution in [2.75, 3.05) is 4.90 Å². The first-order valence-corrected chi connectivity index (χ1v) is 7.06. The van der Waals surface area contributed by atoms with E-state index in [-0.39, 0.29) is 11.3 Å². The van der Waals surface area contributed by atoms with Crippen molar-refractivity contribution in [2.24, 2.45) is 5.41 Å². The van der Waals surface area contributed by atoms with Crippen LogP contribution in [-0.2, 0) is 4.79 Å². The Balaban J connectivity index is 2.39. The predicted molar refractivity (Wildman–Crippen MR) is 76.6 cm³/mol. The van der Waals surface area contributed by atoms with Gasteiger partial charge in [0.2, 0.25) is 5.91 Å². The molecule has 0 radical (unpaired) electrons. The van der Waals surface area contributed by atoms with Crippen LogP contribution in [0.1, 0.15) is 39.2 Å². The molecule has 0 unspecified atom stereocenters. The molecule has 0 N–H and O–H groups in total. The van der Waals surface area contributed by atoms with Gasteiger partial charge < -0.3 is 0 Å². The summed E-state index contributed by atoms with van der Waals surface area (Å²) in [5.74, 6) is 0.962. The summed E-state index contributed by atoms with van der Waals surface area (Å²) < 4.78 is 0.947. The van der Waals surface area contributed by atoms with Gasteiger partial charge in [-0.1, -0.05) is 20.8 Å². The van der Waals surface area contributed by atoms with Gasteiger partial charge in [0.1, 0.15) is 5.82 Å². The number of hydrogen-bond acceptors (Lipinski definition) is 2. The van der Waals surface area contributed by atoms with E-state index in [9.17, 15) is 4.79 Å². The van der Waals surface area contributed by atoms with Crippen LogP contribution in [0.5, 0.6) is 0 Å². The van der Waals surface area contributed by atoms with E-state index in [1.807, 2.05) is 38.7 Å². The molecule has 4 heteroatoms. The first-order valence-electron chi connectivity index (χ1n) is 6.26. The van der Waals surface area contributed by atoms with Gasteiger partial charge >= 0.3 is 0 Å². The summed E-state index contributed by atoms with van der Waals surface area (Å²) in [4.78, 5) is 18.9. The Hall–Kier alpha value is -0.900. The number of anilines is 1. The lowest BCUT2D eigenvalue weighted by Crippen LogP contribution is -2.42. The van der Waals surface area contributed by atoms with Crippen LogP contribution in [0, 0.1) is 12.3 Å². The number of carbonyl (C=O) groups is 1. The minimum atomic E-state index is -0.371. The Morgan fingerprint density at radius 3 is 2.50 bits per heavy atom. The molecule has 1 fully saturated rings. The summed E-state index contributed by atoms with van der Waals surface area (Å²) in [7, 11) is 0. The molecule has 2 rings (SSSR count). The molecule has 0 aromatic carbocycles. The van der Waals surface area contributed by atoms with E-state index in [2.05, 4.69) is 20.9 Å². The topological polar surface area (TPSA) is 33.2 Å². The van der Waals surface area contributed by atoms with Gasteiger partial charge in [0.15, 0.2) is 0 Å². The molecule has 3 nitrogen and oxygen atoms in total. The van der Waals surface area contributed by atoms with Crippen molar-refractivity contribution in [1.29, 1.82) is 0 Å². The van der Waals surface area contributed by atoms with Crippen molar-refractivity contribution in [1.82, 2.24) is 4.98 Å². The molecule has 98 valence electrons. The Bertz CT molecular complexity index is 475. The second-order valence-electron chi connectivity index (χ2n) is 5.95. The van der Waals surface area contributed by atoms with Gasteiger partial charge in [0, 0.05) is 22.1 Å². The number of nitrogens with zero attached hydrogens (tertiary/aromatic N) is 2. The summed E-state index contributed by atoms with van der Waals surface area (Å²) >= 11 is 3.41. The standard InChI is InChI=1S/C14H19BrN2O/c1-9-7-10(15)8-16-12(9)17(11-5-6-11)13(18)14(2,3)4/h7-8,11H,5-6H2,1-4H3. The van der Waals surface area contributed by atoms with Crippen LogP contribution in [0.2, 0.25) is 0 Å². The van der Waals surface area contributed by atoms with Crippen molar-refractivity contribution in [3.05, 3.63) is 22.3 Å². The van der Waals surface area contributed by atoms with Crippen molar-refractivity contribution < 1.29 is 4.79 Å². The first-order chi connectivity index (χ1) is 8.30. The van der Waals surface area contributed by atoms with Gasteiger partial charge in [-0.2, -0.15) is 0 Å². The lowest BCUT2D eigenvalue weighted by atomic mass is 9.94. The number of aryl methyl sites for hydroxylation is 1. The highest BCUT2D eigenvalue weighted by Gasteiger charge is 2.39. The molecule has 0 bridgehead atoms. The van der Waals surface area contributed by atoms with Crippen molar-refractivity contribution in [3.63, 3.8) is 0 Å². The Labute approximate surface area is 117 Å². The molecule has 1 aliphatic rings. The third-order valence-corrected chi connectivity index (χ3v) is 3.45. The summed E-state index contributed by atoms with van der Waals surface area (Å²) in [6.45, 7) is 7.87. The average molecular weight is 311 g/mol. The smallest absolute Gasteiger partial charge is 0.233 e. The number of rotatable bonds is 2. The van der Waals surface area contributed by atoms with Gasteiger partial charge in [-0.25, -0.2) is 4.98 Å². The molecule has 1 aliphatic carbocycles. The molecule has 1 amide bonds. The molecule has 0 spiro atoms. The fraction of sp³-hybridized carbons (Fsp3) is 0.571. The quantitative estimate of drug-likeness (QED) is 0.834. The molecular formula is C14H19BrN2O. The predicted octanol–water partition coefficient (Wildman–Crippen LogP) is 3.69. The molecular weight excluding hydrogens is 292 g/mol. The summed E-state index contributed by atoms with van der Waals surface area (Å²) in [6.07, 6.45) is 3.92. The molecule has 18 heavy (non-hydrogen) atoms. The van der Waals surface area contributed by atoms with Gasteiger partial charge in [0.25, 0.3) is 0 Å². The Morgan fingerprint density at radius 2 is 2.06 bits per heavy atom. The van der Waals surface area contributed by atoms with Gasteiger partial charge in [-0.05, 0) is 47.3 Å². The van der Waals surface area contributed by atoms with Crippen LogP contribution in [-0.4, -0.2) is 16.9 Å². The van der Waals surface area contributed by atoms with Crippen molar-refractivity contribution >= 4 is 27.7 Å². The fourth-order valence-electron chi connectivity index (χ4n) is 1.91. The average Bonchev–Trinajstić information content (AvgIpc) is 3.04. The second kappa shape index (κ2) is 4.65. The van der Waals surface area contributed by atoms with E-state index in [1.54, 1.807) is 6.20 Å². The van der Waals surface area contributed by atoms with Crippen LogP contribution >= 0.6 is 15.9 Å². The SMILES string of the molecule is Cc1cc(Br)cnc1N(C(=O)C(C)(C)C)C1CC1.